The van der Waals surface area contributed by atoms with Gasteiger partial charge in [-0.1, -0.05) is 24.3 Å². The molecule has 12 heteroatoms. The molecular formula is C35H32F3N5O3S. The van der Waals surface area contributed by atoms with Gasteiger partial charge in [0.25, 0.3) is 15.9 Å². The van der Waals surface area contributed by atoms with Crippen LogP contribution in [0.1, 0.15) is 35.8 Å². The monoisotopic (exact) mass is 659 g/mol. The molecule has 1 aromatic heterocycles. The highest BCUT2D eigenvalue weighted by atomic mass is 32.2. The van der Waals surface area contributed by atoms with Gasteiger partial charge in [0, 0.05) is 76.9 Å². The molecule has 0 saturated carbocycles. The third-order valence-corrected chi connectivity index (χ3v) is 10.0. The minimum absolute atomic E-state index is 0.0175. The first-order valence-corrected chi connectivity index (χ1v) is 16.5. The van der Waals surface area contributed by atoms with Gasteiger partial charge >= 0.3 is 0 Å². The third kappa shape index (κ3) is 6.26. The minimum Gasteiger partial charge on any atom is -0.399 e. The van der Waals surface area contributed by atoms with E-state index in [1.807, 2.05) is 30.0 Å². The number of hydrogen-bond donors (Lipinski definition) is 2. The van der Waals surface area contributed by atoms with Crippen LogP contribution in [0.3, 0.4) is 0 Å². The standard InChI is InChI=1S/C35H32F3N5O3S/c1-21-20-42(22(2)32-29(36)13-14-30(37)33(32)38)17-18-43(21)35(44)24-8-11-26(12-9-24)41-47(45,46)31-15-10-25(39)19-28(31)27-7-3-5-23-6-4-16-40-34(23)27/h3-16,19,21-22,41H,17-18,20,39H2,1-2H3/t21-,22?/m0/s1. The number of hydrogen-bond acceptors (Lipinski definition) is 6. The molecule has 0 spiro atoms. The van der Waals surface area contributed by atoms with Gasteiger partial charge in [0.2, 0.25) is 0 Å². The molecule has 0 radical (unpaired) electrons. The van der Waals surface area contributed by atoms with E-state index < -0.39 is 33.5 Å². The van der Waals surface area contributed by atoms with Crippen molar-refractivity contribution in [3.63, 3.8) is 0 Å². The second-order valence-electron chi connectivity index (χ2n) is 11.6. The number of halogens is 3. The molecule has 3 N–H and O–H groups in total. The fourth-order valence-corrected chi connectivity index (χ4v) is 7.38. The number of fused-ring (bicyclic) bond motifs is 1. The summed E-state index contributed by atoms with van der Waals surface area (Å²) in [5.74, 6) is -3.42. The second-order valence-corrected chi connectivity index (χ2v) is 13.2. The number of para-hydroxylation sites is 1. The lowest BCUT2D eigenvalue weighted by Gasteiger charge is -2.42. The number of carbonyl (C=O) groups excluding carboxylic acids is 1. The van der Waals surface area contributed by atoms with Gasteiger partial charge in [-0.2, -0.15) is 0 Å². The Morgan fingerprint density at radius 2 is 1.66 bits per heavy atom. The summed E-state index contributed by atoms with van der Waals surface area (Å²) >= 11 is 0. The molecule has 1 unspecified atom stereocenters. The first-order chi connectivity index (χ1) is 22.4. The van der Waals surface area contributed by atoms with Gasteiger partial charge in [0.15, 0.2) is 11.6 Å². The van der Waals surface area contributed by atoms with E-state index in [4.69, 9.17) is 5.73 Å². The highest BCUT2D eigenvalue weighted by molar-refractivity contribution is 7.92. The zero-order chi connectivity index (χ0) is 33.5. The van der Waals surface area contributed by atoms with Gasteiger partial charge in [0.05, 0.1) is 10.4 Å². The maximum Gasteiger partial charge on any atom is 0.262 e. The van der Waals surface area contributed by atoms with E-state index in [-0.39, 0.29) is 34.6 Å². The number of anilines is 2. The van der Waals surface area contributed by atoms with E-state index >= 15 is 0 Å². The first-order valence-electron chi connectivity index (χ1n) is 15.0. The predicted molar refractivity (Wildman–Crippen MR) is 176 cm³/mol. The predicted octanol–water partition coefficient (Wildman–Crippen LogP) is 6.61. The zero-order valence-electron chi connectivity index (χ0n) is 25.6. The summed E-state index contributed by atoms with van der Waals surface area (Å²) in [7, 11) is -4.10. The molecule has 1 saturated heterocycles. The maximum absolute atomic E-state index is 14.4. The Bertz CT molecular complexity index is 2090. The van der Waals surface area contributed by atoms with E-state index in [9.17, 15) is 26.4 Å². The van der Waals surface area contributed by atoms with Crippen LogP contribution in [0, 0.1) is 17.5 Å². The largest absolute Gasteiger partial charge is 0.399 e. The Morgan fingerprint density at radius 3 is 2.40 bits per heavy atom. The molecule has 1 aliphatic rings. The molecule has 5 aromatic rings. The number of nitrogen functional groups attached to an aromatic ring is 1. The average Bonchev–Trinajstić information content (AvgIpc) is 3.06. The third-order valence-electron chi connectivity index (χ3n) is 8.56. The van der Waals surface area contributed by atoms with Gasteiger partial charge in [-0.3, -0.25) is 19.4 Å². The molecule has 0 aliphatic carbocycles. The molecule has 0 bridgehead atoms. The quantitative estimate of drug-likeness (QED) is 0.150. The van der Waals surface area contributed by atoms with Crippen LogP contribution in [0.2, 0.25) is 0 Å². The molecule has 4 aromatic carbocycles. The van der Waals surface area contributed by atoms with Crippen molar-refractivity contribution >= 4 is 38.2 Å². The Morgan fingerprint density at radius 1 is 0.936 bits per heavy atom. The number of amides is 1. The van der Waals surface area contributed by atoms with Crippen LogP contribution in [0.4, 0.5) is 24.5 Å². The fraction of sp³-hybridized carbons (Fsp3) is 0.200. The Balaban J connectivity index is 1.18. The van der Waals surface area contributed by atoms with Gasteiger partial charge in [-0.05, 0) is 74.5 Å². The van der Waals surface area contributed by atoms with Gasteiger partial charge in [0.1, 0.15) is 5.82 Å². The number of nitrogens with zero attached hydrogens (tertiary/aromatic N) is 3. The van der Waals surface area contributed by atoms with Crippen LogP contribution in [0.5, 0.6) is 0 Å². The number of benzene rings is 4. The number of nitrogens with two attached hydrogens (primary N) is 1. The van der Waals surface area contributed by atoms with E-state index in [1.165, 1.54) is 36.4 Å². The fourth-order valence-electron chi connectivity index (χ4n) is 6.12. The first kappa shape index (κ1) is 32.0. The van der Waals surface area contributed by atoms with Crippen LogP contribution in [0.25, 0.3) is 22.0 Å². The number of rotatable bonds is 7. The summed E-state index contributed by atoms with van der Waals surface area (Å²) in [4.78, 5) is 21.4. The van der Waals surface area contributed by atoms with Crippen molar-refractivity contribution in [2.75, 3.05) is 30.1 Å². The summed E-state index contributed by atoms with van der Waals surface area (Å²) in [6.07, 6.45) is 1.64. The normalized spacial score (nSPS) is 16.3. The van der Waals surface area contributed by atoms with Crippen LogP contribution in [-0.2, 0) is 10.0 Å². The molecule has 6 rings (SSSR count). The summed E-state index contributed by atoms with van der Waals surface area (Å²) < 4.78 is 72.6. The summed E-state index contributed by atoms with van der Waals surface area (Å²) in [6.45, 7) is 4.35. The van der Waals surface area contributed by atoms with Crippen molar-refractivity contribution in [3.05, 3.63) is 120 Å². The molecule has 8 nitrogen and oxygen atoms in total. The van der Waals surface area contributed by atoms with Gasteiger partial charge < -0.3 is 10.6 Å². The van der Waals surface area contributed by atoms with Crippen molar-refractivity contribution in [2.45, 2.75) is 30.8 Å². The number of pyridine rings is 1. The number of carbonyl (C=O) groups is 1. The number of aromatic nitrogens is 1. The molecule has 242 valence electrons. The zero-order valence-corrected chi connectivity index (χ0v) is 26.4. The Kier molecular flexibility index (Phi) is 8.64. The lowest BCUT2D eigenvalue weighted by molar-refractivity contribution is 0.0396. The smallest absolute Gasteiger partial charge is 0.262 e. The van der Waals surface area contributed by atoms with E-state index in [2.05, 4.69) is 9.71 Å². The van der Waals surface area contributed by atoms with Crippen LogP contribution in [-0.4, -0.2) is 54.8 Å². The highest BCUT2D eigenvalue weighted by Crippen LogP contribution is 2.35. The molecule has 2 heterocycles. The highest BCUT2D eigenvalue weighted by Gasteiger charge is 2.33. The van der Waals surface area contributed by atoms with Crippen LogP contribution in [0.15, 0.2) is 96.0 Å². The molecular weight excluding hydrogens is 627 g/mol. The van der Waals surface area contributed by atoms with E-state index in [0.717, 1.165) is 17.5 Å². The molecule has 47 heavy (non-hydrogen) atoms. The van der Waals surface area contributed by atoms with E-state index in [0.29, 0.717) is 41.0 Å². The van der Waals surface area contributed by atoms with Gasteiger partial charge in [-0.25, -0.2) is 21.6 Å². The van der Waals surface area contributed by atoms with Crippen LogP contribution >= 0.6 is 0 Å². The maximum atomic E-state index is 14.4. The van der Waals surface area contributed by atoms with Crippen molar-refractivity contribution in [1.82, 2.24) is 14.8 Å². The van der Waals surface area contributed by atoms with Gasteiger partial charge in [-0.15, -0.1) is 0 Å². The summed E-state index contributed by atoms with van der Waals surface area (Å²) in [5, 5.41) is 0.851. The number of piperazine rings is 1. The van der Waals surface area contributed by atoms with Crippen molar-refractivity contribution < 1.29 is 26.4 Å². The molecule has 1 fully saturated rings. The molecule has 1 aliphatic heterocycles. The summed E-state index contributed by atoms with van der Waals surface area (Å²) in [6, 6.07) is 20.5. The average molecular weight is 660 g/mol. The minimum atomic E-state index is -4.10. The lowest BCUT2D eigenvalue weighted by atomic mass is 10.0. The summed E-state index contributed by atoms with van der Waals surface area (Å²) in [5.41, 5.74) is 8.38. The Labute approximate surface area is 270 Å². The van der Waals surface area contributed by atoms with Crippen molar-refractivity contribution in [2.24, 2.45) is 0 Å². The van der Waals surface area contributed by atoms with E-state index in [1.54, 1.807) is 36.2 Å². The lowest BCUT2D eigenvalue weighted by Crippen LogP contribution is -2.54. The second kappa shape index (κ2) is 12.7. The van der Waals surface area contributed by atoms with Crippen molar-refractivity contribution in [1.29, 1.82) is 0 Å². The molecule has 2 atom stereocenters. The number of sulfonamides is 1. The Hall–Kier alpha value is -4.94. The number of nitrogens with one attached hydrogen (secondary N) is 1. The molecule has 1 amide bonds. The van der Waals surface area contributed by atoms with Crippen molar-refractivity contribution in [3.8, 4) is 11.1 Å². The SMILES string of the molecule is CC(c1c(F)ccc(F)c1F)N1CCN(C(=O)c2ccc(NS(=O)(=O)c3ccc(N)cc3-c3cccc4cccnc34)cc2)[C@@H](C)C1. The topological polar surface area (TPSA) is 109 Å². The van der Waals surface area contributed by atoms with Crippen LogP contribution < -0.4 is 10.5 Å².